The van der Waals surface area contributed by atoms with Gasteiger partial charge in [0.15, 0.2) is 0 Å². The van der Waals surface area contributed by atoms with Crippen molar-refractivity contribution in [3.05, 3.63) is 54.1 Å². The van der Waals surface area contributed by atoms with Crippen LogP contribution in [0.2, 0.25) is 0 Å². The molecular weight excluding hydrogens is 258 g/mol. The van der Waals surface area contributed by atoms with Crippen LogP contribution in [0, 0.1) is 0 Å². The van der Waals surface area contributed by atoms with Crippen molar-refractivity contribution in [3.63, 3.8) is 0 Å². The maximum atomic E-state index is 4.74. The number of aromatic nitrogens is 1. The second-order valence-corrected chi connectivity index (χ2v) is 5.52. The molecular formula is C18H25N3. The molecule has 1 aromatic heterocycles. The van der Waals surface area contributed by atoms with Gasteiger partial charge in [0.05, 0.1) is 0 Å². The van der Waals surface area contributed by atoms with Crippen LogP contribution in [-0.2, 0) is 6.54 Å². The SMILES string of the molecule is CCCNc1cccc(N(Cc2ccccc2)C(C)C)n1. The molecule has 0 radical (unpaired) electrons. The van der Waals surface area contributed by atoms with Gasteiger partial charge in [0.1, 0.15) is 11.6 Å². The molecule has 112 valence electrons. The van der Waals surface area contributed by atoms with Crippen molar-refractivity contribution >= 4 is 11.6 Å². The first-order chi connectivity index (χ1) is 10.2. The normalized spacial score (nSPS) is 10.7. The number of rotatable bonds is 7. The predicted octanol–water partition coefficient (Wildman–Crippen LogP) is 4.32. The first-order valence-corrected chi connectivity index (χ1v) is 7.72. The Labute approximate surface area is 128 Å². The van der Waals surface area contributed by atoms with E-state index in [0.717, 1.165) is 31.1 Å². The van der Waals surface area contributed by atoms with Crippen LogP contribution >= 0.6 is 0 Å². The molecule has 0 spiro atoms. The molecule has 0 unspecified atom stereocenters. The molecule has 2 aromatic rings. The number of pyridine rings is 1. The van der Waals surface area contributed by atoms with Crippen LogP contribution < -0.4 is 10.2 Å². The third-order valence-electron chi connectivity index (χ3n) is 3.40. The van der Waals surface area contributed by atoms with Gasteiger partial charge < -0.3 is 10.2 Å². The summed E-state index contributed by atoms with van der Waals surface area (Å²) in [7, 11) is 0. The zero-order chi connectivity index (χ0) is 15.1. The highest BCUT2D eigenvalue weighted by atomic mass is 15.2. The van der Waals surface area contributed by atoms with Crippen LogP contribution in [0.25, 0.3) is 0 Å². The Morgan fingerprint density at radius 3 is 2.48 bits per heavy atom. The molecule has 0 aliphatic carbocycles. The molecule has 21 heavy (non-hydrogen) atoms. The molecule has 0 amide bonds. The molecule has 0 saturated heterocycles. The molecule has 1 N–H and O–H groups in total. The molecule has 2 rings (SSSR count). The number of nitrogens with zero attached hydrogens (tertiary/aromatic N) is 2. The van der Waals surface area contributed by atoms with Crippen LogP contribution in [-0.4, -0.2) is 17.6 Å². The van der Waals surface area contributed by atoms with Gasteiger partial charge in [0.2, 0.25) is 0 Å². The van der Waals surface area contributed by atoms with Gasteiger partial charge in [0.25, 0.3) is 0 Å². The fourth-order valence-corrected chi connectivity index (χ4v) is 2.24. The maximum absolute atomic E-state index is 4.74. The molecule has 3 nitrogen and oxygen atoms in total. The van der Waals surface area contributed by atoms with Crippen LogP contribution in [0.1, 0.15) is 32.8 Å². The third-order valence-corrected chi connectivity index (χ3v) is 3.40. The lowest BCUT2D eigenvalue weighted by atomic mass is 10.2. The Morgan fingerprint density at radius 2 is 1.81 bits per heavy atom. The number of anilines is 2. The summed E-state index contributed by atoms with van der Waals surface area (Å²) in [6.45, 7) is 8.40. The molecule has 1 heterocycles. The molecule has 1 aromatic carbocycles. The summed E-state index contributed by atoms with van der Waals surface area (Å²) in [5.74, 6) is 1.98. The summed E-state index contributed by atoms with van der Waals surface area (Å²) in [5.41, 5.74) is 1.31. The molecule has 3 heteroatoms. The lowest BCUT2D eigenvalue weighted by molar-refractivity contribution is 0.673. The minimum atomic E-state index is 0.402. The van der Waals surface area contributed by atoms with Gasteiger partial charge in [-0.1, -0.05) is 43.3 Å². The standard InChI is InChI=1S/C18H25N3/c1-4-13-19-17-11-8-12-18(20-17)21(15(2)3)14-16-9-6-5-7-10-16/h5-12,15H,4,13-14H2,1-3H3,(H,19,20). The Balaban J connectivity index is 2.18. The van der Waals surface area contributed by atoms with Gasteiger partial charge in [-0.05, 0) is 38.0 Å². The average molecular weight is 283 g/mol. The largest absolute Gasteiger partial charge is 0.370 e. The molecule has 0 aliphatic heterocycles. The minimum absolute atomic E-state index is 0.402. The summed E-state index contributed by atoms with van der Waals surface area (Å²) >= 11 is 0. The summed E-state index contributed by atoms with van der Waals surface area (Å²) in [6, 6.07) is 17.1. The van der Waals surface area contributed by atoms with Gasteiger partial charge >= 0.3 is 0 Å². The second-order valence-electron chi connectivity index (χ2n) is 5.52. The van der Waals surface area contributed by atoms with Gasteiger partial charge in [-0.2, -0.15) is 0 Å². The first-order valence-electron chi connectivity index (χ1n) is 7.72. The van der Waals surface area contributed by atoms with Crippen LogP contribution in [0.15, 0.2) is 48.5 Å². The minimum Gasteiger partial charge on any atom is -0.370 e. The van der Waals surface area contributed by atoms with Gasteiger partial charge in [-0.15, -0.1) is 0 Å². The third kappa shape index (κ3) is 4.48. The van der Waals surface area contributed by atoms with Crippen molar-refractivity contribution in [3.8, 4) is 0 Å². The van der Waals surface area contributed by atoms with E-state index in [9.17, 15) is 0 Å². The van der Waals surface area contributed by atoms with Crippen LogP contribution in [0.3, 0.4) is 0 Å². The van der Waals surface area contributed by atoms with E-state index in [1.54, 1.807) is 0 Å². The summed E-state index contributed by atoms with van der Waals surface area (Å²) < 4.78 is 0. The predicted molar refractivity (Wildman–Crippen MR) is 90.8 cm³/mol. The molecule has 0 saturated carbocycles. The molecule has 0 atom stereocenters. The Kier molecular flexibility index (Phi) is 5.61. The van der Waals surface area contributed by atoms with Crippen molar-refractivity contribution in [1.29, 1.82) is 0 Å². The number of hydrogen-bond acceptors (Lipinski definition) is 3. The highest BCUT2D eigenvalue weighted by molar-refractivity contribution is 5.48. The zero-order valence-corrected chi connectivity index (χ0v) is 13.2. The molecule has 0 fully saturated rings. The van der Waals surface area contributed by atoms with Crippen molar-refractivity contribution < 1.29 is 0 Å². The monoisotopic (exact) mass is 283 g/mol. The lowest BCUT2D eigenvalue weighted by Gasteiger charge is -2.28. The van der Waals surface area contributed by atoms with Gasteiger partial charge in [-0.3, -0.25) is 0 Å². The second kappa shape index (κ2) is 7.67. The van der Waals surface area contributed by atoms with E-state index < -0.39 is 0 Å². The number of hydrogen-bond donors (Lipinski definition) is 1. The first kappa shape index (κ1) is 15.4. The maximum Gasteiger partial charge on any atom is 0.131 e. The van der Waals surface area contributed by atoms with E-state index in [2.05, 4.69) is 73.5 Å². The summed E-state index contributed by atoms with van der Waals surface area (Å²) in [6.07, 6.45) is 1.10. The Morgan fingerprint density at radius 1 is 1.05 bits per heavy atom. The fourth-order valence-electron chi connectivity index (χ4n) is 2.24. The van der Waals surface area contributed by atoms with E-state index in [0.29, 0.717) is 6.04 Å². The Bertz CT molecular complexity index is 537. The van der Waals surface area contributed by atoms with Crippen molar-refractivity contribution in [2.24, 2.45) is 0 Å². The highest BCUT2D eigenvalue weighted by Gasteiger charge is 2.12. The quantitative estimate of drug-likeness (QED) is 0.820. The van der Waals surface area contributed by atoms with Crippen molar-refractivity contribution in [2.45, 2.75) is 39.8 Å². The number of benzene rings is 1. The number of nitrogens with one attached hydrogen (secondary N) is 1. The molecule has 0 bridgehead atoms. The van der Waals surface area contributed by atoms with Crippen molar-refractivity contribution in [2.75, 3.05) is 16.8 Å². The van der Waals surface area contributed by atoms with E-state index in [1.807, 2.05) is 6.07 Å². The lowest BCUT2D eigenvalue weighted by Crippen LogP contribution is -2.31. The zero-order valence-electron chi connectivity index (χ0n) is 13.2. The topological polar surface area (TPSA) is 28.2 Å². The fraction of sp³-hybridized carbons (Fsp3) is 0.389. The average Bonchev–Trinajstić information content (AvgIpc) is 2.51. The van der Waals surface area contributed by atoms with Crippen molar-refractivity contribution in [1.82, 2.24) is 4.98 Å². The van der Waals surface area contributed by atoms with Crippen LogP contribution in [0.4, 0.5) is 11.6 Å². The summed E-state index contributed by atoms with van der Waals surface area (Å²) in [5, 5.41) is 3.35. The van der Waals surface area contributed by atoms with E-state index in [4.69, 9.17) is 4.98 Å². The summed E-state index contributed by atoms with van der Waals surface area (Å²) in [4.78, 5) is 7.07. The molecule has 0 aliphatic rings. The Hall–Kier alpha value is -2.03. The van der Waals surface area contributed by atoms with E-state index in [1.165, 1.54) is 5.56 Å². The highest BCUT2D eigenvalue weighted by Crippen LogP contribution is 2.19. The smallest absolute Gasteiger partial charge is 0.131 e. The van der Waals surface area contributed by atoms with E-state index >= 15 is 0 Å². The van der Waals surface area contributed by atoms with Gasteiger partial charge in [0, 0.05) is 19.1 Å². The van der Waals surface area contributed by atoms with E-state index in [-0.39, 0.29) is 0 Å². The van der Waals surface area contributed by atoms with Gasteiger partial charge in [-0.25, -0.2) is 4.98 Å². The van der Waals surface area contributed by atoms with Crippen LogP contribution in [0.5, 0.6) is 0 Å².